The highest BCUT2D eigenvalue weighted by Crippen LogP contribution is 2.34. The molecular weight excluding hydrogens is 330 g/mol. The summed E-state index contributed by atoms with van der Waals surface area (Å²) in [4.78, 5) is 2.82. The fraction of sp³-hybridized carbons (Fsp3) is 0.412. The van der Waals surface area contributed by atoms with Crippen molar-refractivity contribution in [2.24, 2.45) is 0 Å². The zero-order chi connectivity index (χ0) is 14.9. The van der Waals surface area contributed by atoms with Crippen LogP contribution in [0.4, 0.5) is 0 Å². The highest BCUT2D eigenvalue weighted by molar-refractivity contribution is 9.10. The van der Waals surface area contributed by atoms with Crippen molar-refractivity contribution in [3.8, 4) is 0 Å². The zero-order valence-electron chi connectivity index (χ0n) is 12.8. The van der Waals surface area contributed by atoms with Gasteiger partial charge in [0.1, 0.15) is 0 Å². The van der Waals surface area contributed by atoms with E-state index >= 15 is 0 Å². The van der Waals surface area contributed by atoms with Crippen LogP contribution in [0.2, 0.25) is 0 Å². The Morgan fingerprint density at radius 2 is 1.75 bits per heavy atom. The summed E-state index contributed by atoms with van der Waals surface area (Å²) in [5.74, 6) is 0. The first-order valence-electron chi connectivity index (χ1n) is 7.01. The minimum Gasteiger partial charge on any atom is -0.306 e. The first-order valence-corrected chi connectivity index (χ1v) is 8.62. The van der Waals surface area contributed by atoms with Gasteiger partial charge in [-0.3, -0.25) is 0 Å². The second kappa shape index (κ2) is 6.42. The molecule has 1 N–H and O–H groups in total. The van der Waals surface area contributed by atoms with Crippen LogP contribution in [-0.2, 0) is 0 Å². The van der Waals surface area contributed by atoms with Crippen molar-refractivity contribution >= 4 is 27.3 Å². The number of hydrogen-bond acceptors (Lipinski definition) is 2. The molecule has 0 amide bonds. The van der Waals surface area contributed by atoms with Gasteiger partial charge in [0.15, 0.2) is 0 Å². The summed E-state index contributed by atoms with van der Waals surface area (Å²) >= 11 is 5.52. The van der Waals surface area contributed by atoms with Gasteiger partial charge in [0.05, 0.1) is 6.04 Å². The molecule has 1 aromatic heterocycles. The Labute approximate surface area is 134 Å². The van der Waals surface area contributed by atoms with E-state index in [-0.39, 0.29) is 0 Å². The SMILES string of the molecule is CCNC(c1cc(C)c(C)s1)c1cc(C)c(Br)cc1C. The van der Waals surface area contributed by atoms with Crippen LogP contribution in [0, 0.1) is 27.7 Å². The molecule has 0 aliphatic carbocycles. The van der Waals surface area contributed by atoms with E-state index < -0.39 is 0 Å². The normalized spacial score (nSPS) is 12.7. The average Bonchev–Trinajstić information content (AvgIpc) is 2.71. The highest BCUT2D eigenvalue weighted by atomic mass is 79.9. The van der Waals surface area contributed by atoms with Gasteiger partial charge in [-0.05, 0) is 68.6 Å². The van der Waals surface area contributed by atoms with Crippen molar-refractivity contribution in [3.63, 3.8) is 0 Å². The molecule has 0 aliphatic heterocycles. The molecule has 108 valence electrons. The van der Waals surface area contributed by atoms with Gasteiger partial charge in [0.2, 0.25) is 0 Å². The molecule has 1 unspecified atom stereocenters. The lowest BCUT2D eigenvalue weighted by Gasteiger charge is -2.20. The topological polar surface area (TPSA) is 12.0 Å². The Hall–Kier alpha value is -0.640. The summed E-state index contributed by atoms with van der Waals surface area (Å²) in [6, 6.07) is 7.15. The lowest BCUT2D eigenvalue weighted by Crippen LogP contribution is -2.22. The molecule has 0 bridgehead atoms. The molecule has 2 rings (SSSR count). The van der Waals surface area contributed by atoms with E-state index in [1.807, 2.05) is 11.3 Å². The summed E-state index contributed by atoms with van der Waals surface area (Å²) in [6.45, 7) is 11.9. The standard InChI is InChI=1S/C17H22BrNS/c1-6-19-17(16-9-10(2)13(5)20-16)14-7-12(4)15(18)8-11(14)3/h7-9,17,19H,6H2,1-5H3. The summed E-state index contributed by atoms with van der Waals surface area (Å²) < 4.78 is 1.19. The molecule has 1 nitrogen and oxygen atoms in total. The molecule has 0 saturated heterocycles. The van der Waals surface area contributed by atoms with E-state index in [1.54, 1.807) is 0 Å². The van der Waals surface area contributed by atoms with Crippen LogP contribution in [0.25, 0.3) is 0 Å². The van der Waals surface area contributed by atoms with E-state index in [4.69, 9.17) is 0 Å². The van der Waals surface area contributed by atoms with Crippen molar-refractivity contribution in [1.29, 1.82) is 0 Å². The van der Waals surface area contributed by atoms with Crippen molar-refractivity contribution in [2.45, 2.75) is 40.7 Å². The third-order valence-electron chi connectivity index (χ3n) is 3.74. The molecule has 0 saturated carbocycles. The predicted octanol–water partition coefficient (Wildman–Crippen LogP) is 5.44. The quantitative estimate of drug-likeness (QED) is 0.772. The molecule has 0 spiro atoms. The molecule has 20 heavy (non-hydrogen) atoms. The molecular formula is C17H22BrNS. The molecule has 1 aromatic carbocycles. The van der Waals surface area contributed by atoms with E-state index in [2.05, 4.69) is 74.1 Å². The molecule has 0 radical (unpaired) electrons. The Kier molecular flexibility index (Phi) is 5.05. The Bertz CT molecular complexity index is 596. The molecule has 0 aliphatic rings. The number of nitrogens with one attached hydrogen (secondary N) is 1. The van der Waals surface area contributed by atoms with E-state index in [0.717, 1.165) is 6.54 Å². The van der Waals surface area contributed by atoms with E-state index in [9.17, 15) is 0 Å². The van der Waals surface area contributed by atoms with Gasteiger partial charge in [0.25, 0.3) is 0 Å². The lowest BCUT2D eigenvalue weighted by molar-refractivity contribution is 0.636. The predicted molar refractivity (Wildman–Crippen MR) is 92.9 cm³/mol. The van der Waals surface area contributed by atoms with E-state index in [1.165, 1.54) is 36.5 Å². The van der Waals surface area contributed by atoms with Gasteiger partial charge < -0.3 is 5.32 Å². The average molecular weight is 352 g/mol. The molecule has 0 fully saturated rings. The lowest BCUT2D eigenvalue weighted by atomic mass is 9.97. The second-order valence-corrected chi connectivity index (χ2v) is 7.48. The first-order chi connectivity index (χ1) is 9.43. The minimum atomic E-state index is 0.296. The molecule has 1 heterocycles. The van der Waals surface area contributed by atoms with Crippen LogP contribution in [-0.4, -0.2) is 6.54 Å². The third kappa shape index (κ3) is 3.16. The maximum absolute atomic E-state index is 3.64. The maximum atomic E-state index is 3.64. The summed E-state index contributed by atoms with van der Waals surface area (Å²) in [6.07, 6.45) is 0. The van der Waals surface area contributed by atoms with Gasteiger partial charge in [-0.2, -0.15) is 0 Å². The molecule has 2 aromatic rings. The summed E-state index contributed by atoms with van der Waals surface area (Å²) in [5.41, 5.74) is 5.39. The molecule has 1 atom stereocenters. The van der Waals surface area contributed by atoms with Crippen molar-refractivity contribution < 1.29 is 0 Å². The summed E-state index contributed by atoms with van der Waals surface area (Å²) in [7, 11) is 0. The van der Waals surface area contributed by atoms with Crippen LogP contribution in [0.5, 0.6) is 0 Å². The number of hydrogen-bond donors (Lipinski definition) is 1. The number of rotatable bonds is 4. The van der Waals surface area contributed by atoms with Crippen LogP contribution in [0.15, 0.2) is 22.7 Å². The zero-order valence-corrected chi connectivity index (χ0v) is 15.2. The monoisotopic (exact) mass is 351 g/mol. The third-order valence-corrected chi connectivity index (χ3v) is 5.81. The van der Waals surface area contributed by atoms with Crippen LogP contribution < -0.4 is 5.32 Å². The first kappa shape index (κ1) is 15.7. The Balaban J connectivity index is 2.50. The van der Waals surface area contributed by atoms with Crippen LogP contribution in [0.1, 0.15) is 45.0 Å². The number of aryl methyl sites for hydroxylation is 4. The smallest absolute Gasteiger partial charge is 0.0673 e. The fourth-order valence-corrected chi connectivity index (χ4v) is 4.02. The largest absolute Gasteiger partial charge is 0.306 e. The Morgan fingerprint density at radius 3 is 2.30 bits per heavy atom. The van der Waals surface area contributed by atoms with Gasteiger partial charge in [-0.15, -0.1) is 11.3 Å². The minimum absolute atomic E-state index is 0.296. The Morgan fingerprint density at radius 1 is 1.05 bits per heavy atom. The van der Waals surface area contributed by atoms with Gasteiger partial charge in [-0.25, -0.2) is 0 Å². The van der Waals surface area contributed by atoms with Gasteiger partial charge in [0, 0.05) is 14.2 Å². The fourth-order valence-electron chi connectivity index (χ4n) is 2.43. The number of benzene rings is 1. The van der Waals surface area contributed by atoms with Crippen LogP contribution in [0.3, 0.4) is 0 Å². The second-order valence-electron chi connectivity index (χ2n) is 5.34. The maximum Gasteiger partial charge on any atom is 0.0673 e. The van der Waals surface area contributed by atoms with Crippen molar-refractivity contribution in [1.82, 2.24) is 5.32 Å². The molecule has 3 heteroatoms. The van der Waals surface area contributed by atoms with Gasteiger partial charge in [-0.1, -0.05) is 28.9 Å². The summed E-state index contributed by atoms with van der Waals surface area (Å²) in [5, 5.41) is 3.64. The highest BCUT2D eigenvalue weighted by Gasteiger charge is 2.18. The van der Waals surface area contributed by atoms with Crippen LogP contribution >= 0.6 is 27.3 Å². The van der Waals surface area contributed by atoms with Gasteiger partial charge >= 0.3 is 0 Å². The van der Waals surface area contributed by atoms with E-state index in [0.29, 0.717) is 6.04 Å². The van der Waals surface area contributed by atoms with Crippen molar-refractivity contribution in [2.75, 3.05) is 6.54 Å². The number of halogens is 1. The van der Waals surface area contributed by atoms with Crippen molar-refractivity contribution in [3.05, 3.63) is 54.7 Å². The number of thiophene rings is 1.